The molecule has 0 fully saturated rings. The second-order valence-electron chi connectivity index (χ2n) is 2.30. The lowest BCUT2D eigenvalue weighted by molar-refractivity contribution is 0.0664. The normalized spacial score (nSPS) is 10.5. The molecule has 6 heteroatoms. The molecule has 0 radical (unpaired) electrons. The first-order valence-corrected chi connectivity index (χ1v) is 3.70. The van der Waals surface area contributed by atoms with E-state index < -0.39 is 5.97 Å². The minimum Gasteiger partial charge on any atom is -0.475 e. The second-order valence-corrected chi connectivity index (χ2v) is 2.69. The zero-order valence-corrected chi connectivity index (χ0v) is 6.95. The summed E-state index contributed by atoms with van der Waals surface area (Å²) in [5.41, 5.74) is 0.506. The number of halogens is 1. The number of hydrogen-bond donors (Lipinski definition) is 1. The van der Waals surface area contributed by atoms with E-state index in [1.807, 2.05) is 0 Å². The van der Waals surface area contributed by atoms with Crippen LogP contribution < -0.4 is 0 Å². The summed E-state index contributed by atoms with van der Waals surface area (Å²) in [6, 6.07) is 1.29. The smallest absolute Gasteiger partial charge is 0.371 e. The molecule has 2 heterocycles. The molecule has 0 saturated carbocycles. The number of aromatic nitrogens is 2. The van der Waals surface area contributed by atoms with Crippen molar-refractivity contribution < 1.29 is 14.3 Å². The molecule has 0 aliphatic rings. The third-order valence-corrected chi connectivity index (χ3v) is 1.60. The van der Waals surface area contributed by atoms with E-state index in [-0.39, 0.29) is 16.6 Å². The number of carboxylic acid groups (broad SMARTS) is 1. The van der Waals surface area contributed by atoms with Crippen LogP contribution in [0.1, 0.15) is 10.6 Å². The molecular weight excluding hydrogens is 196 g/mol. The van der Waals surface area contributed by atoms with Crippen molar-refractivity contribution in [2.24, 2.45) is 0 Å². The van der Waals surface area contributed by atoms with Gasteiger partial charge in [0.2, 0.25) is 11.5 Å². The van der Waals surface area contributed by atoms with Gasteiger partial charge in [-0.15, -0.1) is 0 Å². The lowest BCUT2D eigenvalue weighted by Gasteiger charge is -1.86. The molecular formula is C7H3ClN2O3. The van der Waals surface area contributed by atoms with Gasteiger partial charge in [-0.2, -0.15) is 4.98 Å². The van der Waals surface area contributed by atoms with Crippen molar-refractivity contribution in [3.63, 3.8) is 0 Å². The summed E-state index contributed by atoms with van der Waals surface area (Å²) < 4.78 is 4.85. The Morgan fingerprint density at radius 1 is 1.62 bits per heavy atom. The van der Waals surface area contributed by atoms with Crippen LogP contribution in [0.3, 0.4) is 0 Å². The van der Waals surface area contributed by atoms with Crippen LogP contribution in [0.25, 0.3) is 11.2 Å². The third-order valence-electron chi connectivity index (χ3n) is 1.42. The maximum atomic E-state index is 10.5. The molecule has 2 rings (SSSR count). The van der Waals surface area contributed by atoms with Gasteiger partial charge in [0.05, 0.1) is 6.20 Å². The van der Waals surface area contributed by atoms with Crippen LogP contribution in [-0.2, 0) is 0 Å². The highest BCUT2D eigenvalue weighted by Gasteiger charge is 2.11. The lowest BCUT2D eigenvalue weighted by Crippen LogP contribution is -1.91. The zero-order valence-electron chi connectivity index (χ0n) is 6.19. The Balaban J connectivity index is 2.68. The molecule has 0 saturated heterocycles. The summed E-state index contributed by atoms with van der Waals surface area (Å²) in [6.45, 7) is 0. The van der Waals surface area contributed by atoms with Crippen molar-refractivity contribution in [2.75, 3.05) is 0 Å². The largest absolute Gasteiger partial charge is 0.475 e. The van der Waals surface area contributed by atoms with Crippen molar-refractivity contribution in [3.8, 4) is 0 Å². The first-order valence-electron chi connectivity index (χ1n) is 3.32. The number of carboxylic acids is 1. The average molecular weight is 199 g/mol. The van der Waals surface area contributed by atoms with E-state index >= 15 is 0 Å². The molecule has 66 valence electrons. The second kappa shape index (κ2) is 2.70. The molecule has 0 atom stereocenters. The van der Waals surface area contributed by atoms with Gasteiger partial charge in [0.15, 0.2) is 5.15 Å². The summed E-state index contributed by atoms with van der Waals surface area (Å²) in [5, 5.41) is 8.74. The first kappa shape index (κ1) is 8.00. The first-order chi connectivity index (χ1) is 6.16. The number of fused-ring (bicyclic) bond motifs is 1. The van der Waals surface area contributed by atoms with Gasteiger partial charge >= 0.3 is 5.97 Å². The summed E-state index contributed by atoms with van der Waals surface area (Å²) in [4.78, 5) is 18.1. The van der Waals surface area contributed by atoms with Crippen LogP contribution in [0, 0.1) is 0 Å². The average Bonchev–Trinajstić information content (AvgIpc) is 2.46. The van der Waals surface area contributed by atoms with E-state index in [1.165, 1.54) is 12.3 Å². The van der Waals surface area contributed by atoms with E-state index in [2.05, 4.69) is 9.97 Å². The van der Waals surface area contributed by atoms with E-state index in [1.54, 1.807) is 0 Å². The summed E-state index contributed by atoms with van der Waals surface area (Å²) >= 11 is 5.53. The van der Waals surface area contributed by atoms with Crippen molar-refractivity contribution in [3.05, 3.63) is 23.2 Å². The van der Waals surface area contributed by atoms with Gasteiger partial charge in [-0.1, -0.05) is 11.6 Å². The van der Waals surface area contributed by atoms with Crippen molar-refractivity contribution in [1.82, 2.24) is 9.97 Å². The van der Waals surface area contributed by atoms with Crippen LogP contribution in [0.2, 0.25) is 5.15 Å². The Morgan fingerprint density at radius 2 is 2.38 bits per heavy atom. The Morgan fingerprint density at radius 3 is 3.08 bits per heavy atom. The predicted octanol–water partition coefficient (Wildman–Crippen LogP) is 1.57. The van der Waals surface area contributed by atoms with Crippen LogP contribution in [0.15, 0.2) is 16.7 Å². The third kappa shape index (κ3) is 1.33. The van der Waals surface area contributed by atoms with Gasteiger partial charge in [0.1, 0.15) is 5.52 Å². The molecule has 2 aromatic rings. The van der Waals surface area contributed by atoms with Gasteiger partial charge in [0.25, 0.3) is 0 Å². The van der Waals surface area contributed by atoms with Crippen molar-refractivity contribution in [1.29, 1.82) is 0 Å². The quantitative estimate of drug-likeness (QED) is 0.753. The molecule has 5 nitrogen and oxygen atoms in total. The molecule has 0 spiro atoms. The number of rotatable bonds is 1. The molecule has 0 bridgehead atoms. The Labute approximate surface area is 77.0 Å². The van der Waals surface area contributed by atoms with E-state index in [9.17, 15) is 4.79 Å². The van der Waals surface area contributed by atoms with Crippen LogP contribution >= 0.6 is 11.6 Å². The SMILES string of the molecule is O=C(O)c1cc2ncc(Cl)nc2o1. The number of hydrogen-bond acceptors (Lipinski definition) is 4. The van der Waals surface area contributed by atoms with Crippen LogP contribution in [0.4, 0.5) is 0 Å². The molecule has 0 amide bonds. The fourth-order valence-corrected chi connectivity index (χ4v) is 1.02. The predicted molar refractivity (Wildman–Crippen MR) is 43.8 cm³/mol. The molecule has 0 unspecified atom stereocenters. The van der Waals surface area contributed by atoms with Crippen LogP contribution in [-0.4, -0.2) is 21.0 Å². The Bertz CT molecular complexity index is 480. The molecule has 0 aromatic carbocycles. The highest BCUT2D eigenvalue weighted by atomic mass is 35.5. The number of furan rings is 1. The van der Waals surface area contributed by atoms with Crippen molar-refractivity contribution in [2.45, 2.75) is 0 Å². The van der Waals surface area contributed by atoms with Gasteiger partial charge in [0, 0.05) is 6.07 Å². The summed E-state index contributed by atoms with van der Waals surface area (Å²) in [6.07, 6.45) is 1.32. The number of aromatic carboxylic acids is 1. The van der Waals surface area contributed by atoms with Gasteiger partial charge in [-0.25, -0.2) is 9.78 Å². The van der Waals surface area contributed by atoms with Crippen LogP contribution in [0.5, 0.6) is 0 Å². The molecule has 0 aliphatic carbocycles. The van der Waals surface area contributed by atoms with Gasteiger partial charge in [-0.3, -0.25) is 0 Å². The maximum Gasteiger partial charge on any atom is 0.371 e. The number of carbonyl (C=O) groups is 1. The minimum absolute atomic E-state index is 0.130. The zero-order chi connectivity index (χ0) is 9.42. The van der Waals surface area contributed by atoms with Gasteiger partial charge in [-0.05, 0) is 0 Å². The Hall–Kier alpha value is -1.62. The Kier molecular flexibility index (Phi) is 1.66. The summed E-state index contributed by atoms with van der Waals surface area (Å²) in [5.74, 6) is -1.35. The number of nitrogens with zero attached hydrogens (tertiary/aromatic N) is 2. The highest BCUT2D eigenvalue weighted by Crippen LogP contribution is 2.16. The molecule has 2 aromatic heterocycles. The topological polar surface area (TPSA) is 76.2 Å². The van der Waals surface area contributed by atoms with E-state index in [0.29, 0.717) is 5.52 Å². The maximum absolute atomic E-state index is 10.5. The summed E-state index contributed by atoms with van der Waals surface area (Å²) in [7, 11) is 0. The lowest BCUT2D eigenvalue weighted by atomic mass is 10.4. The fraction of sp³-hybridized carbons (Fsp3) is 0. The van der Waals surface area contributed by atoms with Gasteiger partial charge < -0.3 is 9.52 Å². The monoisotopic (exact) mass is 198 g/mol. The molecule has 0 aliphatic heterocycles. The molecule has 1 N–H and O–H groups in total. The van der Waals surface area contributed by atoms with E-state index in [4.69, 9.17) is 21.1 Å². The fourth-order valence-electron chi connectivity index (χ4n) is 0.898. The standard InChI is InChI=1S/C7H3ClN2O3/c8-5-2-9-3-1-4(7(11)12)13-6(3)10-5/h1-2H,(H,11,12). The molecule has 13 heavy (non-hydrogen) atoms. The minimum atomic E-state index is -1.16. The highest BCUT2D eigenvalue weighted by molar-refractivity contribution is 6.29. The van der Waals surface area contributed by atoms with E-state index in [0.717, 1.165) is 0 Å². The van der Waals surface area contributed by atoms with Crippen molar-refractivity contribution >= 4 is 28.8 Å².